The summed E-state index contributed by atoms with van der Waals surface area (Å²) < 4.78 is 8.87. The maximum Gasteiger partial charge on any atom is 0.167 e. The maximum absolute atomic E-state index is 6.53. The third kappa shape index (κ3) is 5.16. The first-order valence-corrected chi connectivity index (χ1v) is 20.1. The van der Waals surface area contributed by atoms with Gasteiger partial charge in [0, 0.05) is 63.8 Å². The number of para-hydroxylation sites is 3. The van der Waals surface area contributed by atoms with E-state index in [0.29, 0.717) is 17.5 Å². The smallest absolute Gasteiger partial charge is 0.167 e. The highest BCUT2D eigenvalue weighted by Gasteiger charge is 2.22. The number of aromatic nitrogens is 4. The second-order valence-electron chi connectivity index (χ2n) is 14.5. The van der Waals surface area contributed by atoms with Crippen LogP contribution in [0.25, 0.3) is 120 Å². The lowest BCUT2D eigenvalue weighted by Crippen LogP contribution is -2.00. The molecule has 0 saturated carbocycles. The summed E-state index contributed by atoms with van der Waals surface area (Å²) >= 11 is 1.79. The third-order valence-corrected chi connectivity index (χ3v) is 12.4. The van der Waals surface area contributed by atoms with Gasteiger partial charge >= 0.3 is 0 Å². The van der Waals surface area contributed by atoms with E-state index in [0.717, 1.165) is 87.4 Å². The maximum atomic E-state index is 6.53. The fourth-order valence-corrected chi connectivity index (χ4v) is 9.79. The number of benzene rings is 8. The molecule has 0 saturated heterocycles. The molecular weight excluding hydrogens is 729 g/mol. The Labute approximate surface area is 336 Å². The summed E-state index contributed by atoms with van der Waals surface area (Å²) in [6.45, 7) is 0. The zero-order valence-corrected chi connectivity index (χ0v) is 31.7. The van der Waals surface area contributed by atoms with Crippen molar-refractivity contribution >= 4 is 75.1 Å². The van der Waals surface area contributed by atoms with Crippen LogP contribution in [0.3, 0.4) is 0 Å². The van der Waals surface area contributed by atoms with Gasteiger partial charge in [0.2, 0.25) is 0 Å². The summed E-state index contributed by atoms with van der Waals surface area (Å²) in [7, 11) is 0. The van der Waals surface area contributed by atoms with E-state index in [2.05, 4.69) is 146 Å². The molecule has 0 radical (unpaired) electrons. The standard InChI is InChI=1S/C52H30N4OS/c1-3-14-31(15-4-1)33-18-11-19-34(30-33)50-54-51(41-24-12-22-36-35-20-8-10-27-44(35)57-47(36)41)56-52(55-50)42-25-13-23-37-38-28-29-40-45(49(38)58-48(37)42)39-21-7-9-26-43(39)53-46(40)32-16-5-2-6-17-32/h1-30H. The average molecular weight is 759 g/mol. The second-order valence-corrected chi connectivity index (χ2v) is 15.5. The van der Waals surface area contributed by atoms with E-state index < -0.39 is 0 Å². The zero-order valence-electron chi connectivity index (χ0n) is 30.9. The monoisotopic (exact) mass is 758 g/mol. The number of fused-ring (bicyclic) bond motifs is 10. The van der Waals surface area contributed by atoms with Crippen molar-refractivity contribution in [2.75, 3.05) is 0 Å². The van der Waals surface area contributed by atoms with Crippen molar-refractivity contribution in [3.8, 4) is 56.5 Å². The molecule has 270 valence electrons. The molecule has 4 heterocycles. The Morgan fingerprint density at radius 3 is 1.79 bits per heavy atom. The number of nitrogens with zero attached hydrogens (tertiary/aromatic N) is 4. The lowest BCUT2D eigenvalue weighted by Gasteiger charge is -2.11. The van der Waals surface area contributed by atoms with Crippen molar-refractivity contribution in [1.29, 1.82) is 0 Å². The first-order chi connectivity index (χ1) is 28.7. The average Bonchev–Trinajstić information content (AvgIpc) is 3.88. The molecule has 0 aliphatic carbocycles. The van der Waals surface area contributed by atoms with Crippen LogP contribution in [0.2, 0.25) is 0 Å². The first kappa shape index (κ1) is 32.7. The van der Waals surface area contributed by atoms with E-state index in [1.165, 1.54) is 15.5 Å². The molecule has 12 aromatic rings. The van der Waals surface area contributed by atoms with E-state index in [4.69, 9.17) is 24.4 Å². The topological polar surface area (TPSA) is 64.7 Å². The molecular formula is C52H30N4OS. The molecule has 8 aromatic carbocycles. The van der Waals surface area contributed by atoms with E-state index in [1.54, 1.807) is 11.3 Å². The van der Waals surface area contributed by atoms with Gasteiger partial charge in [-0.05, 0) is 41.5 Å². The molecule has 58 heavy (non-hydrogen) atoms. The van der Waals surface area contributed by atoms with Gasteiger partial charge in [-0.15, -0.1) is 11.3 Å². The molecule has 0 amide bonds. The summed E-state index contributed by atoms with van der Waals surface area (Å²) in [6.07, 6.45) is 0. The zero-order chi connectivity index (χ0) is 38.2. The minimum absolute atomic E-state index is 0.558. The first-order valence-electron chi connectivity index (χ1n) is 19.3. The van der Waals surface area contributed by atoms with Crippen molar-refractivity contribution in [3.63, 3.8) is 0 Å². The van der Waals surface area contributed by atoms with Gasteiger partial charge in [-0.25, -0.2) is 19.9 Å². The van der Waals surface area contributed by atoms with Gasteiger partial charge in [0.05, 0.1) is 16.8 Å². The normalized spacial score (nSPS) is 11.8. The third-order valence-electron chi connectivity index (χ3n) is 11.1. The quantitative estimate of drug-likeness (QED) is 0.164. The fraction of sp³-hybridized carbons (Fsp3) is 0. The van der Waals surface area contributed by atoms with Gasteiger partial charge in [-0.3, -0.25) is 0 Å². The lowest BCUT2D eigenvalue weighted by atomic mass is 9.98. The number of hydrogen-bond acceptors (Lipinski definition) is 6. The number of pyridine rings is 1. The van der Waals surface area contributed by atoms with Crippen LogP contribution in [-0.2, 0) is 0 Å². The molecule has 0 atom stereocenters. The van der Waals surface area contributed by atoms with E-state index >= 15 is 0 Å². The largest absolute Gasteiger partial charge is 0.455 e. The number of hydrogen-bond donors (Lipinski definition) is 0. The Morgan fingerprint density at radius 2 is 0.948 bits per heavy atom. The van der Waals surface area contributed by atoms with Gasteiger partial charge < -0.3 is 4.42 Å². The number of thiophene rings is 1. The number of furan rings is 1. The Bertz CT molecular complexity index is 3570. The van der Waals surface area contributed by atoms with Crippen LogP contribution < -0.4 is 0 Å². The highest BCUT2D eigenvalue weighted by molar-refractivity contribution is 7.27. The van der Waals surface area contributed by atoms with Crippen LogP contribution in [-0.4, -0.2) is 19.9 Å². The molecule has 0 fully saturated rings. The highest BCUT2D eigenvalue weighted by Crippen LogP contribution is 2.46. The van der Waals surface area contributed by atoms with Crippen LogP contribution >= 0.6 is 11.3 Å². The summed E-state index contributed by atoms with van der Waals surface area (Å²) in [5.41, 5.74) is 9.55. The molecule has 0 aliphatic heterocycles. The van der Waals surface area contributed by atoms with Crippen molar-refractivity contribution < 1.29 is 4.42 Å². The molecule has 5 nitrogen and oxygen atoms in total. The molecule has 4 aromatic heterocycles. The highest BCUT2D eigenvalue weighted by atomic mass is 32.1. The molecule has 0 bridgehead atoms. The van der Waals surface area contributed by atoms with Crippen molar-refractivity contribution in [2.24, 2.45) is 0 Å². The number of rotatable bonds is 5. The Morgan fingerprint density at radius 1 is 0.362 bits per heavy atom. The molecule has 0 aliphatic rings. The Kier molecular flexibility index (Phi) is 7.33. The lowest BCUT2D eigenvalue weighted by molar-refractivity contribution is 0.669. The minimum Gasteiger partial charge on any atom is -0.455 e. The minimum atomic E-state index is 0.558. The summed E-state index contributed by atoms with van der Waals surface area (Å²) in [4.78, 5) is 21.0. The van der Waals surface area contributed by atoms with Gasteiger partial charge in [-0.2, -0.15) is 0 Å². The Balaban J connectivity index is 1.13. The SMILES string of the molecule is c1ccc(-c2cccc(-c3nc(-c4cccc5c4oc4ccccc45)nc(-c4cccc5c4sc4c5ccc5c(-c6ccccc6)nc6ccccc6c54)n3)c2)cc1. The summed E-state index contributed by atoms with van der Waals surface area (Å²) in [6, 6.07) is 63.1. The molecule has 0 N–H and O–H groups in total. The molecule has 6 heteroatoms. The second kappa shape index (κ2) is 13.0. The van der Waals surface area contributed by atoms with Crippen LogP contribution in [0.5, 0.6) is 0 Å². The summed E-state index contributed by atoms with van der Waals surface area (Å²) in [5, 5.41) is 7.92. The van der Waals surface area contributed by atoms with Gasteiger partial charge in [0.1, 0.15) is 11.2 Å². The van der Waals surface area contributed by atoms with Crippen molar-refractivity contribution in [2.45, 2.75) is 0 Å². The molecule has 0 unspecified atom stereocenters. The van der Waals surface area contributed by atoms with E-state index in [1.807, 2.05) is 36.4 Å². The van der Waals surface area contributed by atoms with Gasteiger partial charge in [-0.1, -0.05) is 152 Å². The van der Waals surface area contributed by atoms with Crippen LogP contribution in [0.1, 0.15) is 0 Å². The van der Waals surface area contributed by atoms with E-state index in [9.17, 15) is 0 Å². The van der Waals surface area contributed by atoms with Crippen molar-refractivity contribution in [3.05, 3.63) is 182 Å². The van der Waals surface area contributed by atoms with Crippen LogP contribution in [0.15, 0.2) is 186 Å². The van der Waals surface area contributed by atoms with Crippen LogP contribution in [0.4, 0.5) is 0 Å². The van der Waals surface area contributed by atoms with Gasteiger partial charge in [0.25, 0.3) is 0 Å². The van der Waals surface area contributed by atoms with E-state index in [-0.39, 0.29) is 0 Å². The predicted molar refractivity (Wildman–Crippen MR) is 240 cm³/mol. The summed E-state index contributed by atoms with van der Waals surface area (Å²) in [5.74, 6) is 1.76. The molecule has 0 spiro atoms. The van der Waals surface area contributed by atoms with Crippen molar-refractivity contribution in [1.82, 2.24) is 19.9 Å². The molecule has 12 rings (SSSR count). The Hall–Kier alpha value is -7.54. The van der Waals surface area contributed by atoms with Gasteiger partial charge in [0.15, 0.2) is 17.5 Å². The predicted octanol–water partition coefficient (Wildman–Crippen LogP) is 14.2. The fourth-order valence-electron chi connectivity index (χ4n) is 8.42. The van der Waals surface area contributed by atoms with Crippen LogP contribution in [0, 0.1) is 0 Å².